The second-order valence-electron chi connectivity index (χ2n) is 5.75. The Morgan fingerprint density at radius 3 is 2.81 bits per heavy atom. The molecule has 0 saturated heterocycles. The van der Waals surface area contributed by atoms with Gasteiger partial charge in [-0.25, -0.2) is 4.68 Å². The standard InChI is InChI=1S/C18H15N5O2S/c1-23-18(25)12-6-3-2-5-11(12)15(22-23)10-19-17(24)14-9-13(20-21-14)16-7-4-8-26-16/h2-9H,10H2,1H3,(H,19,24)(H,20,21). The molecule has 2 N–H and O–H groups in total. The zero-order valence-electron chi connectivity index (χ0n) is 13.9. The van der Waals surface area contributed by atoms with Gasteiger partial charge < -0.3 is 5.32 Å². The lowest BCUT2D eigenvalue weighted by atomic mass is 10.1. The van der Waals surface area contributed by atoms with E-state index in [-0.39, 0.29) is 18.0 Å². The first-order valence-electron chi connectivity index (χ1n) is 7.96. The summed E-state index contributed by atoms with van der Waals surface area (Å²) in [6.07, 6.45) is 0. The van der Waals surface area contributed by atoms with Gasteiger partial charge in [0.15, 0.2) is 5.69 Å². The van der Waals surface area contributed by atoms with Crippen molar-refractivity contribution in [3.8, 4) is 10.6 Å². The summed E-state index contributed by atoms with van der Waals surface area (Å²) in [6.45, 7) is 0.203. The van der Waals surface area contributed by atoms with Gasteiger partial charge in [0.05, 0.1) is 28.2 Å². The number of rotatable bonds is 4. The number of aromatic nitrogens is 4. The number of amides is 1. The van der Waals surface area contributed by atoms with Gasteiger partial charge >= 0.3 is 0 Å². The Kier molecular flexibility index (Phi) is 4.10. The van der Waals surface area contributed by atoms with Crippen molar-refractivity contribution in [2.24, 2.45) is 7.05 Å². The maximum Gasteiger partial charge on any atom is 0.274 e. The van der Waals surface area contributed by atoms with E-state index in [2.05, 4.69) is 20.6 Å². The normalized spacial score (nSPS) is 11.0. The van der Waals surface area contributed by atoms with Gasteiger partial charge in [-0.05, 0) is 23.6 Å². The van der Waals surface area contributed by atoms with Gasteiger partial charge in [-0.2, -0.15) is 10.2 Å². The van der Waals surface area contributed by atoms with E-state index in [9.17, 15) is 9.59 Å². The molecule has 26 heavy (non-hydrogen) atoms. The van der Waals surface area contributed by atoms with E-state index in [0.717, 1.165) is 16.0 Å². The smallest absolute Gasteiger partial charge is 0.274 e. The molecule has 0 aliphatic rings. The van der Waals surface area contributed by atoms with Crippen molar-refractivity contribution in [3.63, 3.8) is 0 Å². The number of thiophene rings is 1. The second kappa shape index (κ2) is 6.57. The molecular weight excluding hydrogens is 350 g/mol. The number of hydrogen-bond acceptors (Lipinski definition) is 5. The van der Waals surface area contributed by atoms with Crippen molar-refractivity contribution >= 4 is 28.0 Å². The molecule has 0 aliphatic carbocycles. The van der Waals surface area contributed by atoms with Crippen LogP contribution in [0.15, 0.2) is 52.6 Å². The largest absolute Gasteiger partial charge is 0.345 e. The van der Waals surface area contributed by atoms with Crippen LogP contribution in [0.1, 0.15) is 16.2 Å². The highest BCUT2D eigenvalue weighted by Gasteiger charge is 2.14. The van der Waals surface area contributed by atoms with Crippen LogP contribution in [-0.4, -0.2) is 25.9 Å². The Morgan fingerprint density at radius 2 is 2.04 bits per heavy atom. The number of nitrogens with zero attached hydrogens (tertiary/aromatic N) is 3. The molecule has 0 unspecified atom stereocenters. The number of aromatic amines is 1. The first-order chi connectivity index (χ1) is 12.6. The van der Waals surface area contributed by atoms with E-state index in [4.69, 9.17) is 0 Å². The fourth-order valence-electron chi connectivity index (χ4n) is 2.76. The molecule has 1 amide bonds. The quantitative estimate of drug-likeness (QED) is 0.580. The lowest BCUT2D eigenvalue weighted by Crippen LogP contribution is -2.27. The summed E-state index contributed by atoms with van der Waals surface area (Å²) in [6, 6.07) is 12.9. The minimum atomic E-state index is -0.302. The van der Waals surface area contributed by atoms with Crippen LogP contribution in [0, 0.1) is 0 Å². The van der Waals surface area contributed by atoms with Crippen molar-refractivity contribution in [1.29, 1.82) is 0 Å². The minimum Gasteiger partial charge on any atom is -0.345 e. The van der Waals surface area contributed by atoms with Crippen molar-refractivity contribution in [1.82, 2.24) is 25.3 Å². The van der Waals surface area contributed by atoms with Gasteiger partial charge in [-0.15, -0.1) is 11.3 Å². The number of aryl methyl sites for hydroxylation is 1. The fraction of sp³-hybridized carbons (Fsp3) is 0.111. The molecule has 0 radical (unpaired) electrons. The summed E-state index contributed by atoms with van der Waals surface area (Å²) in [5.41, 5.74) is 1.58. The Balaban J connectivity index is 1.56. The number of carbonyl (C=O) groups is 1. The number of hydrogen-bond donors (Lipinski definition) is 2. The maximum atomic E-state index is 12.4. The Labute approximate surface area is 152 Å². The van der Waals surface area contributed by atoms with Gasteiger partial charge in [-0.3, -0.25) is 14.7 Å². The van der Waals surface area contributed by atoms with Crippen LogP contribution in [0.25, 0.3) is 21.3 Å². The van der Waals surface area contributed by atoms with E-state index in [1.165, 1.54) is 4.68 Å². The van der Waals surface area contributed by atoms with E-state index >= 15 is 0 Å². The number of fused-ring (bicyclic) bond motifs is 1. The zero-order chi connectivity index (χ0) is 18.1. The molecule has 3 heterocycles. The highest BCUT2D eigenvalue weighted by molar-refractivity contribution is 7.13. The summed E-state index contributed by atoms with van der Waals surface area (Å²) in [5, 5.41) is 17.3. The van der Waals surface area contributed by atoms with Crippen molar-refractivity contribution < 1.29 is 4.79 Å². The summed E-state index contributed by atoms with van der Waals surface area (Å²) in [7, 11) is 1.60. The van der Waals surface area contributed by atoms with Gasteiger partial charge in [-0.1, -0.05) is 24.3 Å². The molecule has 3 aromatic heterocycles. The predicted octanol–water partition coefficient (Wildman–Crippen LogP) is 2.32. The Morgan fingerprint density at radius 1 is 1.23 bits per heavy atom. The number of carbonyl (C=O) groups excluding carboxylic acids is 1. The average Bonchev–Trinajstić information content (AvgIpc) is 3.34. The first kappa shape index (κ1) is 16.2. The molecule has 0 atom stereocenters. The molecular formula is C18H15N5O2S. The lowest BCUT2D eigenvalue weighted by molar-refractivity contribution is 0.0945. The maximum absolute atomic E-state index is 12.4. The molecule has 0 bridgehead atoms. The van der Waals surface area contributed by atoms with Gasteiger partial charge in [0.25, 0.3) is 11.5 Å². The van der Waals surface area contributed by atoms with Crippen LogP contribution < -0.4 is 10.9 Å². The van der Waals surface area contributed by atoms with Crippen molar-refractivity contribution in [2.75, 3.05) is 0 Å². The molecule has 0 aliphatic heterocycles. The summed E-state index contributed by atoms with van der Waals surface area (Å²) in [4.78, 5) is 25.6. The summed E-state index contributed by atoms with van der Waals surface area (Å²) in [5.74, 6) is -0.302. The summed E-state index contributed by atoms with van der Waals surface area (Å²) < 4.78 is 1.28. The molecule has 8 heteroatoms. The van der Waals surface area contributed by atoms with Crippen LogP contribution in [0.5, 0.6) is 0 Å². The lowest BCUT2D eigenvalue weighted by Gasteiger charge is -2.08. The van der Waals surface area contributed by atoms with Crippen molar-refractivity contribution in [2.45, 2.75) is 6.54 Å². The summed E-state index contributed by atoms with van der Waals surface area (Å²) >= 11 is 1.57. The molecule has 7 nitrogen and oxygen atoms in total. The molecule has 0 saturated carbocycles. The van der Waals surface area contributed by atoms with Crippen LogP contribution >= 0.6 is 11.3 Å². The van der Waals surface area contributed by atoms with Crippen LogP contribution in [0.4, 0.5) is 0 Å². The number of H-pyrrole nitrogens is 1. The topological polar surface area (TPSA) is 92.7 Å². The Hall–Kier alpha value is -3.26. The third-order valence-corrected chi connectivity index (χ3v) is 4.95. The monoisotopic (exact) mass is 365 g/mol. The van der Waals surface area contributed by atoms with Crippen LogP contribution in [0.2, 0.25) is 0 Å². The fourth-order valence-corrected chi connectivity index (χ4v) is 3.45. The third kappa shape index (κ3) is 2.91. The zero-order valence-corrected chi connectivity index (χ0v) is 14.7. The van der Waals surface area contributed by atoms with E-state index in [1.54, 1.807) is 30.5 Å². The molecule has 130 valence electrons. The number of nitrogens with one attached hydrogen (secondary N) is 2. The molecule has 0 fully saturated rings. The molecule has 1 aromatic carbocycles. The van der Waals surface area contributed by atoms with Crippen molar-refractivity contribution in [3.05, 3.63) is 69.6 Å². The first-order valence-corrected chi connectivity index (χ1v) is 8.84. The highest BCUT2D eigenvalue weighted by atomic mass is 32.1. The molecule has 4 aromatic rings. The second-order valence-corrected chi connectivity index (χ2v) is 6.70. The predicted molar refractivity (Wildman–Crippen MR) is 100 cm³/mol. The minimum absolute atomic E-state index is 0.163. The van der Waals surface area contributed by atoms with Gasteiger partial charge in [0.1, 0.15) is 0 Å². The number of benzene rings is 1. The van der Waals surface area contributed by atoms with Gasteiger partial charge in [0, 0.05) is 12.4 Å². The molecule has 4 rings (SSSR count). The van der Waals surface area contributed by atoms with E-state index in [1.807, 2.05) is 35.7 Å². The van der Waals surface area contributed by atoms with Crippen LogP contribution in [-0.2, 0) is 13.6 Å². The van der Waals surface area contributed by atoms with Crippen LogP contribution in [0.3, 0.4) is 0 Å². The van der Waals surface area contributed by atoms with E-state index in [0.29, 0.717) is 16.8 Å². The average molecular weight is 365 g/mol. The molecule has 0 spiro atoms. The third-order valence-electron chi connectivity index (χ3n) is 4.05. The SMILES string of the molecule is Cn1nc(CNC(=O)c2cc(-c3cccs3)[nH]n2)c2ccccc2c1=O. The highest BCUT2D eigenvalue weighted by Crippen LogP contribution is 2.22. The van der Waals surface area contributed by atoms with E-state index < -0.39 is 0 Å². The van der Waals surface area contributed by atoms with Gasteiger partial charge in [0.2, 0.25) is 0 Å². The Bertz CT molecular complexity index is 1140.